The van der Waals surface area contributed by atoms with Crippen LogP contribution in [0.3, 0.4) is 0 Å². The van der Waals surface area contributed by atoms with Crippen LogP contribution in [0, 0.1) is 29.1 Å². The van der Waals surface area contributed by atoms with Gasteiger partial charge in [-0.15, -0.1) is 0 Å². The molecule has 3 rings (SSSR count). The van der Waals surface area contributed by atoms with Crippen molar-refractivity contribution in [1.29, 1.82) is 0 Å². The first kappa shape index (κ1) is 23.2. The van der Waals surface area contributed by atoms with Crippen molar-refractivity contribution in [3.63, 3.8) is 0 Å². The number of amides is 1. The molecule has 1 amide bonds. The van der Waals surface area contributed by atoms with Gasteiger partial charge in [0, 0.05) is 30.1 Å². The van der Waals surface area contributed by atoms with Gasteiger partial charge in [0.15, 0.2) is 0 Å². The number of hydrogen-bond donors (Lipinski definition) is 0. The number of hydrogen-bond acceptors (Lipinski definition) is 5. The van der Waals surface area contributed by atoms with Gasteiger partial charge in [0.2, 0.25) is 5.91 Å². The van der Waals surface area contributed by atoms with Crippen LogP contribution in [0.15, 0.2) is 30.4 Å². The molecule has 2 aliphatic rings. The van der Waals surface area contributed by atoms with Crippen molar-refractivity contribution in [2.45, 2.75) is 47.2 Å². The summed E-state index contributed by atoms with van der Waals surface area (Å²) >= 11 is 0. The Morgan fingerprint density at radius 2 is 1.90 bits per heavy atom. The van der Waals surface area contributed by atoms with Crippen molar-refractivity contribution >= 4 is 11.9 Å². The zero-order valence-corrected chi connectivity index (χ0v) is 19.7. The summed E-state index contributed by atoms with van der Waals surface area (Å²) in [6.45, 7) is 10.8. The van der Waals surface area contributed by atoms with Crippen LogP contribution in [0.5, 0.6) is 11.5 Å². The fraction of sp³-hybridized carbons (Fsp3) is 0.600. The zero-order chi connectivity index (χ0) is 22.9. The second kappa shape index (κ2) is 8.93. The molecule has 0 aromatic heterocycles. The summed E-state index contributed by atoms with van der Waals surface area (Å²) in [4.78, 5) is 28.7. The monoisotopic (exact) mass is 429 g/mol. The maximum absolute atomic E-state index is 13.6. The first-order valence-corrected chi connectivity index (χ1v) is 11.1. The highest BCUT2D eigenvalue weighted by Crippen LogP contribution is 2.54. The van der Waals surface area contributed by atoms with Gasteiger partial charge in [-0.1, -0.05) is 32.9 Å². The van der Waals surface area contributed by atoms with Gasteiger partial charge in [-0.2, -0.15) is 0 Å². The average molecular weight is 430 g/mol. The third-order valence-corrected chi connectivity index (χ3v) is 7.16. The number of carbonyl (C=O) groups excluding carboxylic acids is 2. The first-order valence-electron chi connectivity index (χ1n) is 11.1. The molecule has 0 radical (unpaired) electrons. The van der Waals surface area contributed by atoms with E-state index in [4.69, 9.17) is 14.2 Å². The molecule has 5 atom stereocenters. The Balaban J connectivity index is 2.04. The van der Waals surface area contributed by atoms with Crippen molar-refractivity contribution in [2.75, 3.05) is 20.8 Å². The van der Waals surface area contributed by atoms with Crippen molar-refractivity contribution in [3.8, 4) is 11.5 Å². The van der Waals surface area contributed by atoms with Crippen molar-refractivity contribution < 1.29 is 23.8 Å². The molecule has 1 saturated heterocycles. The van der Waals surface area contributed by atoms with Crippen LogP contribution in [-0.2, 0) is 20.9 Å². The van der Waals surface area contributed by atoms with Crippen molar-refractivity contribution in [2.24, 2.45) is 29.1 Å². The minimum Gasteiger partial charge on any atom is -0.497 e. The van der Waals surface area contributed by atoms with E-state index in [9.17, 15) is 9.59 Å². The lowest BCUT2D eigenvalue weighted by Gasteiger charge is -2.45. The molecule has 0 spiro atoms. The number of likely N-dealkylation sites (tertiary alicyclic amines) is 1. The predicted octanol–water partition coefficient (Wildman–Crippen LogP) is 4.08. The van der Waals surface area contributed by atoms with Gasteiger partial charge in [-0.05, 0) is 37.8 Å². The van der Waals surface area contributed by atoms with Crippen LogP contribution in [0.2, 0.25) is 0 Å². The van der Waals surface area contributed by atoms with Crippen LogP contribution in [0.25, 0.3) is 0 Å². The van der Waals surface area contributed by atoms with Crippen molar-refractivity contribution in [3.05, 3.63) is 35.9 Å². The Labute approximate surface area is 185 Å². The lowest BCUT2D eigenvalue weighted by atomic mass is 9.58. The van der Waals surface area contributed by atoms with Gasteiger partial charge in [-0.25, -0.2) is 0 Å². The Morgan fingerprint density at radius 3 is 2.48 bits per heavy atom. The molecule has 170 valence electrons. The molecular weight excluding hydrogens is 394 g/mol. The number of carbonyl (C=O) groups is 2. The molecule has 1 aliphatic heterocycles. The van der Waals surface area contributed by atoms with Crippen LogP contribution in [0.1, 0.15) is 40.2 Å². The molecule has 0 bridgehead atoms. The summed E-state index contributed by atoms with van der Waals surface area (Å²) in [5.41, 5.74) is 0.148. The maximum atomic E-state index is 13.6. The Kier molecular flexibility index (Phi) is 6.68. The number of ether oxygens (including phenoxy) is 3. The van der Waals surface area contributed by atoms with E-state index in [0.29, 0.717) is 24.7 Å². The van der Waals surface area contributed by atoms with Gasteiger partial charge in [-0.3, -0.25) is 9.59 Å². The molecule has 6 heteroatoms. The molecular formula is C25H35NO5. The molecule has 1 heterocycles. The van der Waals surface area contributed by atoms with Crippen LogP contribution in [-0.4, -0.2) is 43.6 Å². The second-order valence-electron chi connectivity index (χ2n) is 9.11. The SMILES string of the molecule is CCOC(=O)[C@@]1(C)[C@H]2[C@H](C=C[C@H]1C)C(=O)N(Cc1ccc(OC)cc1OC)[C@H]2C(C)C. The summed E-state index contributed by atoms with van der Waals surface area (Å²) < 4.78 is 16.4. The molecule has 0 N–H and O–H groups in total. The minimum absolute atomic E-state index is 0.0164. The van der Waals surface area contributed by atoms with E-state index in [1.165, 1.54) is 0 Å². The summed E-state index contributed by atoms with van der Waals surface area (Å²) in [7, 11) is 3.23. The molecule has 1 aliphatic carbocycles. The Bertz CT molecular complexity index is 863. The van der Waals surface area contributed by atoms with Gasteiger partial charge in [0.1, 0.15) is 11.5 Å². The molecule has 31 heavy (non-hydrogen) atoms. The number of esters is 1. The van der Waals surface area contributed by atoms with E-state index in [1.54, 1.807) is 14.2 Å². The molecule has 1 aromatic carbocycles. The summed E-state index contributed by atoms with van der Waals surface area (Å²) in [6.07, 6.45) is 4.00. The molecule has 0 saturated carbocycles. The minimum atomic E-state index is -0.765. The standard InChI is InChI=1S/C25H35NO5/c1-8-31-24(28)25(5)16(4)9-12-19-21(25)22(15(2)3)26(23(19)27)14-17-10-11-18(29-6)13-20(17)30-7/h9-13,15-16,19,21-22H,8,14H2,1-7H3/t16-,19+,21+,22+,25-/m1/s1. The number of methoxy groups -OCH3 is 2. The number of fused-ring (bicyclic) bond motifs is 1. The van der Waals surface area contributed by atoms with E-state index >= 15 is 0 Å². The summed E-state index contributed by atoms with van der Waals surface area (Å²) in [5.74, 6) is 0.901. The smallest absolute Gasteiger partial charge is 0.312 e. The average Bonchev–Trinajstić information content (AvgIpc) is 3.03. The fourth-order valence-electron chi connectivity index (χ4n) is 5.35. The number of allylic oxidation sites excluding steroid dienone is 1. The van der Waals surface area contributed by atoms with Gasteiger partial charge >= 0.3 is 5.97 Å². The van der Waals surface area contributed by atoms with E-state index in [0.717, 1.165) is 5.56 Å². The molecule has 0 unspecified atom stereocenters. The third-order valence-electron chi connectivity index (χ3n) is 7.16. The topological polar surface area (TPSA) is 65.1 Å². The van der Waals surface area contributed by atoms with E-state index in [1.807, 2.05) is 56.0 Å². The van der Waals surface area contributed by atoms with Crippen molar-refractivity contribution in [1.82, 2.24) is 4.90 Å². The fourth-order valence-corrected chi connectivity index (χ4v) is 5.35. The van der Waals surface area contributed by atoms with E-state index < -0.39 is 5.41 Å². The normalized spacial score (nSPS) is 29.8. The quantitative estimate of drug-likeness (QED) is 0.483. The number of rotatable bonds is 7. The van der Waals surface area contributed by atoms with Gasteiger partial charge in [0.05, 0.1) is 32.2 Å². The highest BCUT2D eigenvalue weighted by molar-refractivity contribution is 5.88. The highest BCUT2D eigenvalue weighted by atomic mass is 16.5. The van der Waals surface area contributed by atoms with E-state index in [2.05, 4.69) is 13.8 Å². The number of nitrogens with zero attached hydrogens (tertiary/aromatic N) is 1. The largest absolute Gasteiger partial charge is 0.497 e. The summed E-state index contributed by atoms with van der Waals surface area (Å²) in [6, 6.07) is 5.55. The molecule has 6 nitrogen and oxygen atoms in total. The maximum Gasteiger partial charge on any atom is 0.312 e. The van der Waals surface area contributed by atoms with Crippen LogP contribution in [0.4, 0.5) is 0 Å². The van der Waals surface area contributed by atoms with Gasteiger partial charge < -0.3 is 19.1 Å². The first-order chi connectivity index (χ1) is 14.7. The lowest BCUT2D eigenvalue weighted by molar-refractivity contribution is -0.163. The molecule has 1 fully saturated rings. The lowest BCUT2D eigenvalue weighted by Crippen LogP contribution is -2.52. The van der Waals surface area contributed by atoms with Crippen LogP contribution >= 0.6 is 0 Å². The molecule has 1 aromatic rings. The highest BCUT2D eigenvalue weighted by Gasteiger charge is 2.61. The van der Waals surface area contributed by atoms with E-state index in [-0.39, 0.29) is 41.6 Å². The third kappa shape index (κ3) is 3.81. The predicted molar refractivity (Wildman–Crippen MR) is 119 cm³/mol. The second-order valence-corrected chi connectivity index (χ2v) is 9.11. The van der Waals surface area contributed by atoms with Crippen LogP contribution < -0.4 is 9.47 Å². The zero-order valence-electron chi connectivity index (χ0n) is 19.7. The Hall–Kier alpha value is -2.50. The Morgan fingerprint density at radius 1 is 1.19 bits per heavy atom. The summed E-state index contributed by atoms with van der Waals surface area (Å²) in [5, 5.41) is 0. The number of benzene rings is 1. The van der Waals surface area contributed by atoms with Gasteiger partial charge in [0.25, 0.3) is 0 Å².